The Morgan fingerprint density at radius 3 is 2.62 bits per heavy atom. The highest BCUT2D eigenvalue weighted by molar-refractivity contribution is 5.86. The summed E-state index contributed by atoms with van der Waals surface area (Å²) in [6, 6.07) is 0.662. The summed E-state index contributed by atoms with van der Waals surface area (Å²) < 4.78 is 0. The summed E-state index contributed by atoms with van der Waals surface area (Å²) in [6.07, 6.45) is 12.5. The molecular formula is C16H25N3O2. The van der Waals surface area contributed by atoms with Crippen LogP contribution in [0, 0.1) is 18.3 Å². The van der Waals surface area contributed by atoms with E-state index in [-0.39, 0.29) is 30.8 Å². The van der Waals surface area contributed by atoms with Crippen molar-refractivity contribution in [3.63, 3.8) is 0 Å². The molecule has 0 aromatic rings. The van der Waals surface area contributed by atoms with Crippen LogP contribution in [0.4, 0.5) is 0 Å². The van der Waals surface area contributed by atoms with Crippen molar-refractivity contribution < 1.29 is 9.59 Å². The molecule has 21 heavy (non-hydrogen) atoms. The van der Waals surface area contributed by atoms with E-state index in [2.05, 4.69) is 21.5 Å². The van der Waals surface area contributed by atoms with Crippen molar-refractivity contribution in [3.05, 3.63) is 0 Å². The van der Waals surface area contributed by atoms with Crippen LogP contribution in [0.5, 0.6) is 0 Å². The molecule has 0 unspecified atom stereocenters. The fourth-order valence-corrected chi connectivity index (χ4v) is 3.30. The molecular weight excluding hydrogens is 266 g/mol. The number of nitrogens with zero attached hydrogens (tertiary/aromatic N) is 1. The maximum Gasteiger partial charge on any atom is 0.240 e. The van der Waals surface area contributed by atoms with E-state index in [9.17, 15) is 9.59 Å². The molecule has 0 aromatic carbocycles. The zero-order valence-electron chi connectivity index (χ0n) is 12.6. The number of nitrogens with one attached hydrogen (secondary N) is 2. The Labute approximate surface area is 126 Å². The summed E-state index contributed by atoms with van der Waals surface area (Å²) in [5.74, 6) is 2.11. The number of terminal acetylenes is 1. The van der Waals surface area contributed by atoms with Crippen molar-refractivity contribution in [3.8, 4) is 12.3 Å². The molecule has 2 fully saturated rings. The number of carbonyl (C=O) groups excluding carboxylic acids is 2. The quantitative estimate of drug-likeness (QED) is 0.726. The molecule has 1 aliphatic carbocycles. The monoisotopic (exact) mass is 291 g/mol. The lowest BCUT2D eigenvalue weighted by Gasteiger charge is -2.30. The van der Waals surface area contributed by atoms with Gasteiger partial charge in [-0.25, -0.2) is 0 Å². The molecule has 0 aromatic heterocycles. The Kier molecular flexibility index (Phi) is 6.06. The van der Waals surface area contributed by atoms with Crippen LogP contribution in [0.3, 0.4) is 0 Å². The van der Waals surface area contributed by atoms with Crippen molar-refractivity contribution in [1.82, 2.24) is 15.5 Å². The van der Waals surface area contributed by atoms with Crippen molar-refractivity contribution in [2.24, 2.45) is 5.92 Å². The van der Waals surface area contributed by atoms with E-state index < -0.39 is 0 Å². The molecule has 0 radical (unpaired) electrons. The van der Waals surface area contributed by atoms with Crippen LogP contribution >= 0.6 is 0 Å². The second kappa shape index (κ2) is 8.04. The van der Waals surface area contributed by atoms with E-state index in [1.807, 2.05) is 0 Å². The van der Waals surface area contributed by atoms with E-state index in [4.69, 9.17) is 6.42 Å². The molecule has 2 amide bonds. The van der Waals surface area contributed by atoms with Crippen LogP contribution in [-0.2, 0) is 9.59 Å². The highest BCUT2D eigenvalue weighted by atomic mass is 16.2. The Balaban J connectivity index is 1.69. The Morgan fingerprint density at radius 2 is 1.90 bits per heavy atom. The van der Waals surface area contributed by atoms with E-state index >= 15 is 0 Å². The van der Waals surface area contributed by atoms with Gasteiger partial charge >= 0.3 is 0 Å². The minimum absolute atomic E-state index is 0.0100. The molecule has 1 aliphatic heterocycles. The predicted molar refractivity (Wildman–Crippen MR) is 81.4 cm³/mol. The van der Waals surface area contributed by atoms with Crippen molar-refractivity contribution in [2.75, 3.05) is 26.2 Å². The minimum Gasteiger partial charge on any atom is -0.347 e. The lowest BCUT2D eigenvalue weighted by Crippen LogP contribution is -2.41. The first-order valence-corrected chi connectivity index (χ1v) is 7.92. The van der Waals surface area contributed by atoms with E-state index in [1.165, 1.54) is 32.1 Å². The van der Waals surface area contributed by atoms with Gasteiger partial charge in [0.15, 0.2) is 0 Å². The Bertz CT molecular complexity index is 410. The molecule has 2 aliphatic rings. The smallest absolute Gasteiger partial charge is 0.240 e. The maximum atomic E-state index is 12.1. The SMILES string of the molecule is C#CCNC(=O)CNC(=O)[C@@H]1CCN(C2CCCCC2)C1. The fraction of sp³-hybridized carbons (Fsp3) is 0.750. The third kappa shape index (κ3) is 4.75. The third-order valence-electron chi connectivity index (χ3n) is 4.49. The zero-order valence-corrected chi connectivity index (χ0v) is 12.6. The van der Waals surface area contributed by atoms with Gasteiger partial charge in [-0.3, -0.25) is 14.5 Å². The van der Waals surface area contributed by atoms with Gasteiger partial charge in [0, 0.05) is 12.6 Å². The molecule has 1 heterocycles. The van der Waals surface area contributed by atoms with Gasteiger partial charge in [-0.05, 0) is 25.8 Å². The summed E-state index contributed by atoms with van der Waals surface area (Å²) >= 11 is 0. The van der Waals surface area contributed by atoms with Crippen LogP contribution in [0.1, 0.15) is 38.5 Å². The fourth-order valence-electron chi connectivity index (χ4n) is 3.30. The predicted octanol–water partition coefficient (Wildman–Crippen LogP) is 0.507. The second-order valence-corrected chi connectivity index (χ2v) is 5.97. The normalized spacial score (nSPS) is 23.5. The average Bonchev–Trinajstić information content (AvgIpc) is 3.01. The number of rotatable bonds is 5. The van der Waals surface area contributed by atoms with Gasteiger partial charge in [0.1, 0.15) is 0 Å². The molecule has 2 N–H and O–H groups in total. The van der Waals surface area contributed by atoms with Crippen molar-refractivity contribution in [1.29, 1.82) is 0 Å². The highest BCUT2D eigenvalue weighted by Gasteiger charge is 2.32. The highest BCUT2D eigenvalue weighted by Crippen LogP contribution is 2.27. The number of hydrogen-bond donors (Lipinski definition) is 2. The summed E-state index contributed by atoms with van der Waals surface area (Å²) in [5, 5.41) is 5.25. The molecule has 5 heteroatoms. The molecule has 1 atom stereocenters. The van der Waals surface area contributed by atoms with Gasteiger partial charge in [-0.2, -0.15) is 0 Å². The molecule has 0 bridgehead atoms. The van der Waals surface area contributed by atoms with E-state index in [0.29, 0.717) is 6.04 Å². The summed E-state index contributed by atoms with van der Waals surface area (Å²) in [7, 11) is 0. The van der Waals surface area contributed by atoms with Gasteiger partial charge in [0.05, 0.1) is 19.0 Å². The van der Waals surface area contributed by atoms with Crippen LogP contribution in [0.15, 0.2) is 0 Å². The molecule has 5 nitrogen and oxygen atoms in total. The lowest BCUT2D eigenvalue weighted by molar-refractivity contribution is -0.128. The molecule has 2 rings (SSSR count). The van der Waals surface area contributed by atoms with Gasteiger partial charge < -0.3 is 10.6 Å². The molecule has 1 saturated carbocycles. The summed E-state index contributed by atoms with van der Waals surface area (Å²) in [6.45, 7) is 2.06. The number of carbonyl (C=O) groups is 2. The van der Waals surface area contributed by atoms with Gasteiger partial charge in [0.25, 0.3) is 0 Å². The lowest BCUT2D eigenvalue weighted by atomic mass is 9.94. The average molecular weight is 291 g/mol. The Morgan fingerprint density at radius 1 is 1.14 bits per heavy atom. The maximum absolute atomic E-state index is 12.1. The van der Waals surface area contributed by atoms with Crippen LogP contribution < -0.4 is 10.6 Å². The number of hydrogen-bond acceptors (Lipinski definition) is 3. The molecule has 1 saturated heterocycles. The number of amides is 2. The van der Waals surface area contributed by atoms with Crippen molar-refractivity contribution >= 4 is 11.8 Å². The van der Waals surface area contributed by atoms with Gasteiger partial charge in [-0.1, -0.05) is 25.2 Å². The minimum atomic E-state index is -0.233. The van der Waals surface area contributed by atoms with Crippen LogP contribution in [-0.4, -0.2) is 48.9 Å². The summed E-state index contributed by atoms with van der Waals surface area (Å²) in [4.78, 5) is 26.0. The molecule has 116 valence electrons. The number of likely N-dealkylation sites (tertiary alicyclic amines) is 1. The van der Waals surface area contributed by atoms with Gasteiger partial charge in [-0.15, -0.1) is 6.42 Å². The standard InChI is InChI=1S/C16H25N3O2/c1-2-9-17-15(20)11-18-16(21)13-8-10-19(12-13)14-6-4-3-5-7-14/h1,13-14H,3-12H2,(H,17,20)(H,18,21)/t13-/m1/s1. The first kappa shape index (κ1) is 15.8. The van der Waals surface area contributed by atoms with E-state index in [0.717, 1.165) is 19.5 Å². The Hall–Kier alpha value is -1.54. The van der Waals surface area contributed by atoms with Crippen LogP contribution in [0.2, 0.25) is 0 Å². The van der Waals surface area contributed by atoms with Gasteiger partial charge in [0.2, 0.25) is 11.8 Å². The third-order valence-corrected chi connectivity index (χ3v) is 4.49. The van der Waals surface area contributed by atoms with E-state index in [1.54, 1.807) is 0 Å². The van der Waals surface area contributed by atoms with Crippen molar-refractivity contribution in [2.45, 2.75) is 44.6 Å². The summed E-state index contributed by atoms with van der Waals surface area (Å²) in [5.41, 5.74) is 0. The largest absolute Gasteiger partial charge is 0.347 e. The first-order chi connectivity index (χ1) is 10.2. The second-order valence-electron chi connectivity index (χ2n) is 5.97. The topological polar surface area (TPSA) is 61.4 Å². The van der Waals surface area contributed by atoms with Crippen LogP contribution in [0.25, 0.3) is 0 Å². The molecule has 0 spiro atoms. The first-order valence-electron chi connectivity index (χ1n) is 7.92. The zero-order chi connectivity index (χ0) is 15.1.